The van der Waals surface area contributed by atoms with Gasteiger partial charge >= 0.3 is 6.18 Å². The molecule has 2 nitrogen and oxygen atoms in total. The molecule has 0 saturated carbocycles. The molecule has 0 aromatic carbocycles. The number of pyridine rings is 2. The molecular formula is C11H6F3N2. The Hall–Kier alpha value is -1.91. The van der Waals surface area contributed by atoms with Crippen LogP contribution in [0.1, 0.15) is 5.56 Å². The van der Waals surface area contributed by atoms with Gasteiger partial charge in [-0.15, -0.1) is 0 Å². The third-order valence-electron chi connectivity index (χ3n) is 1.94. The van der Waals surface area contributed by atoms with Gasteiger partial charge in [0.1, 0.15) is 0 Å². The molecule has 0 spiro atoms. The number of hydrogen-bond acceptors (Lipinski definition) is 2. The van der Waals surface area contributed by atoms with Crippen LogP contribution in [0.15, 0.2) is 36.7 Å². The molecule has 0 bridgehead atoms. The quantitative estimate of drug-likeness (QED) is 0.742. The highest BCUT2D eigenvalue weighted by Gasteiger charge is 2.30. The molecule has 2 aromatic rings. The molecule has 2 aromatic heterocycles. The van der Waals surface area contributed by atoms with Crippen LogP contribution in [-0.2, 0) is 6.18 Å². The van der Waals surface area contributed by atoms with Crippen molar-refractivity contribution in [2.45, 2.75) is 6.18 Å². The minimum atomic E-state index is -4.36. The molecule has 81 valence electrons. The van der Waals surface area contributed by atoms with Gasteiger partial charge in [-0.3, -0.25) is 9.97 Å². The van der Waals surface area contributed by atoms with Crippen LogP contribution in [0, 0.1) is 6.07 Å². The highest BCUT2D eigenvalue weighted by Crippen LogP contribution is 2.29. The minimum Gasteiger partial charge on any atom is -0.254 e. The second kappa shape index (κ2) is 3.92. The summed E-state index contributed by atoms with van der Waals surface area (Å²) in [5.41, 5.74) is 0.0250. The van der Waals surface area contributed by atoms with Crippen molar-refractivity contribution in [1.29, 1.82) is 0 Å². The van der Waals surface area contributed by atoms with Crippen molar-refractivity contribution < 1.29 is 13.2 Å². The number of aromatic nitrogens is 2. The molecule has 2 heterocycles. The summed E-state index contributed by atoms with van der Waals surface area (Å²) in [5, 5.41) is 0. The van der Waals surface area contributed by atoms with Crippen molar-refractivity contribution in [1.82, 2.24) is 9.97 Å². The lowest BCUT2D eigenvalue weighted by molar-refractivity contribution is -0.137. The van der Waals surface area contributed by atoms with E-state index in [0.29, 0.717) is 11.4 Å². The average Bonchev–Trinajstić information content (AvgIpc) is 2.29. The van der Waals surface area contributed by atoms with Gasteiger partial charge in [-0.2, -0.15) is 13.2 Å². The Balaban J connectivity index is 2.34. The Bertz CT molecular complexity index is 463. The van der Waals surface area contributed by atoms with E-state index in [-0.39, 0.29) is 0 Å². The first-order chi connectivity index (χ1) is 7.57. The highest BCUT2D eigenvalue weighted by molar-refractivity contribution is 5.52. The first-order valence-electron chi connectivity index (χ1n) is 4.44. The summed E-state index contributed by atoms with van der Waals surface area (Å²) in [6.07, 6.45) is -2.04. The largest absolute Gasteiger partial charge is 0.417 e. The van der Waals surface area contributed by atoms with Gasteiger partial charge in [0.2, 0.25) is 0 Å². The first-order valence-corrected chi connectivity index (χ1v) is 4.44. The van der Waals surface area contributed by atoms with Crippen LogP contribution >= 0.6 is 0 Å². The Kier molecular flexibility index (Phi) is 2.60. The topological polar surface area (TPSA) is 25.8 Å². The van der Waals surface area contributed by atoms with Crippen molar-refractivity contribution in [3.63, 3.8) is 0 Å². The molecule has 0 unspecified atom stereocenters. The lowest BCUT2D eigenvalue weighted by Crippen LogP contribution is -2.05. The lowest BCUT2D eigenvalue weighted by Gasteiger charge is -2.06. The van der Waals surface area contributed by atoms with E-state index in [1.165, 1.54) is 12.3 Å². The molecule has 5 heteroatoms. The molecule has 1 radical (unpaired) electrons. The summed E-state index contributed by atoms with van der Waals surface area (Å²) in [6, 6.07) is 8.35. The molecule has 0 saturated heterocycles. The average molecular weight is 223 g/mol. The van der Waals surface area contributed by atoms with E-state index in [0.717, 1.165) is 12.3 Å². The van der Waals surface area contributed by atoms with Crippen molar-refractivity contribution >= 4 is 0 Å². The van der Waals surface area contributed by atoms with Crippen molar-refractivity contribution in [2.24, 2.45) is 0 Å². The molecule has 0 amide bonds. The Labute approximate surface area is 89.8 Å². The van der Waals surface area contributed by atoms with Crippen LogP contribution < -0.4 is 0 Å². The summed E-state index contributed by atoms with van der Waals surface area (Å²) in [5.74, 6) is 0. The number of rotatable bonds is 1. The van der Waals surface area contributed by atoms with Crippen LogP contribution in [0.4, 0.5) is 13.2 Å². The summed E-state index contributed by atoms with van der Waals surface area (Å²) < 4.78 is 36.8. The van der Waals surface area contributed by atoms with Gasteiger partial charge in [-0.1, -0.05) is 6.07 Å². The lowest BCUT2D eigenvalue weighted by atomic mass is 10.2. The van der Waals surface area contributed by atoms with Crippen molar-refractivity contribution in [3.8, 4) is 11.4 Å². The molecule has 0 fully saturated rings. The molecule has 2 rings (SSSR count). The maximum atomic E-state index is 12.3. The first kappa shape index (κ1) is 10.6. The van der Waals surface area contributed by atoms with E-state index >= 15 is 0 Å². The summed E-state index contributed by atoms with van der Waals surface area (Å²) in [6.45, 7) is 0. The zero-order chi connectivity index (χ0) is 11.6. The minimum absolute atomic E-state index is 0.369. The predicted molar refractivity (Wildman–Crippen MR) is 51.3 cm³/mol. The molecule has 0 atom stereocenters. The fraction of sp³-hybridized carbons (Fsp3) is 0.0909. The van der Waals surface area contributed by atoms with Gasteiger partial charge in [0.05, 0.1) is 17.0 Å². The summed E-state index contributed by atoms with van der Waals surface area (Å²) >= 11 is 0. The Morgan fingerprint density at radius 1 is 1.12 bits per heavy atom. The van der Waals surface area contributed by atoms with Gasteiger partial charge in [-0.05, 0) is 18.2 Å². The van der Waals surface area contributed by atoms with Crippen LogP contribution in [0.3, 0.4) is 0 Å². The smallest absolute Gasteiger partial charge is 0.254 e. The molecule has 0 aliphatic rings. The summed E-state index contributed by atoms with van der Waals surface area (Å²) in [7, 11) is 0. The van der Waals surface area contributed by atoms with Crippen LogP contribution in [0.5, 0.6) is 0 Å². The molecule has 16 heavy (non-hydrogen) atoms. The number of halogens is 3. The third-order valence-corrected chi connectivity index (χ3v) is 1.94. The SMILES string of the molecule is FC(F)(F)c1ccc(-c2[c]cccn2)nc1. The molecule has 0 aliphatic carbocycles. The van der Waals surface area contributed by atoms with Gasteiger partial charge in [0.25, 0.3) is 0 Å². The van der Waals surface area contributed by atoms with Crippen LogP contribution in [-0.4, -0.2) is 9.97 Å². The van der Waals surface area contributed by atoms with Gasteiger partial charge in [-0.25, -0.2) is 0 Å². The fourth-order valence-electron chi connectivity index (χ4n) is 1.17. The van der Waals surface area contributed by atoms with Crippen LogP contribution in [0.2, 0.25) is 0 Å². The normalized spacial score (nSPS) is 11.4. The summed E-state index contributed by atoms with van der Waals surface area (Å²) in [4.78, 5) is 7.64. The van der Waals surface area contributed by atoms with Crippen molar-refractivity contribution in [2.75, 3.05) is 0 Å². The number of hydrogen-bond donors (Lipinski definition) is 0. The molecule has 0 aliphatic heterocycles. The highest BCUT2D eigenvalue weighted by atomic mass is 19.4. The maximum Gasteiger partial charge on any atom is 0.417 e. The second-order valence-electron chi connectivity index (χ2n) is 3.06. The van der Waals surface area contributed by atoms with E-state index < -0.39 is 11.7 Å². The van der Waals surface area contributed by atoms with E-state index in [4.69, 9.17) is 0 Å². The Morgan fingerprint density at radius 3 is 2.44 bits per heavy atom. The number of alkyl halides is 3. The van der Waals surface area contributed by atoms with Crippen LogP contribution in [0.25, 0.3) is 11.4 Å². The van der Waals surface area contributed by atoms with E-state index in [2.05, 4.69) is 16.0 Å². The third kappa shape index (κ3) is 2.18. The molecule has 0 N–H and O–H groups in total. The standard InChI is InChI=1S/C11H6F3N2/c12-11(13,14)8-4-5-10(16-7-8)9-3-1-2-6-15-9/h1-2,4-7H. The predicted octanol–water partition coefficient (Wildman–Crippen LogP) is 2.96. The van der Waals surface area contributed by atoms with E-state index in [9.17, 15) is 13.2 Å². The van der Waals surface area contributed by atoms with Gasteiger partial charge in [0, 0.05) is 18.5 Å². The maximum absolute atomic E-state index is 12.3. The second-order valence-corrected chi connectivity index (χ2v) is 3.06. The fourth-order valence-corrected chi connectivity index (χ4v) is 1.17. The number of nitrogens with zero attached hydrogens (tertiary/aromatic N) is 2. The van der Waals surface area contributed by atoms with Crippen molar-refractivity contribution in [3.05, 3.63) is 48.3 Å². The molecular weight excluding hydrogens is 217 g/mol. The zero-order valence-electron chi connectivity index (χ0n) is 7.99. The van der Waals surface area contributed by atoms with Gasteiger partial charge < -0.3 is 0 Å². The van der Waals surface area contributed by atoms with E-state index in [1.54, 1.807) is 12.1 Å². The van der Waals surface area contributed by atoms with E-state index in [1.807, 2.05) is 0 Å². The Morgan fingerprint density at radius 2 is 1.94 bits per heavy atom. The monoisotopic (exact) mass is 223 g/mol. The van der Waals surface area contributed by atoms with Gasteiger partial charge in [0.15, 0.2) is 0 Å². The zero-order valence-corrected chi connectivity index (χ0v) is 7.99.